The van der Waals surface area contributed by atoms with Crippen molar-refractivity contribution in [1.82, 2.24) is 30.0 Å². The van der Waals surface area contributed by atoms with Gasteiger partial charge in [0, 0.05) is 24.4 Å². The van der Waals surface area contributed by atoms with Crippen molar-refractivity contribution in [3.8, 4) is 22.3 Å². The van der Waals surface area contributed by atoms with Crippen molar-refractivity contribution in [1.29, 1.82) is 0 Å². The zero-order valence-corrected chi connectivity index (χ0v) is 34.7. The number of sulfonamides is 1. The molecule has 60 heavy (non-hydrogen) atoms. The molecular formula is C45H50N6O8S. The van der Waals surface area contributed by atoms with E-state index in [0.29, 0.717) is 36.0 Å². The molecule has 1 aliphatic carbocycles. The van der Waals surface area contributed by atoms with Crippen molar-refractivity contribution < 1.29 is 32.3 Å². The van der Waals surface area contributed by atoms with Crippen LogP contribution >= 0.6 is 0 Å². The average molecular weight is 835 g/mol. The highest BCUT2D eigenvalue weighted by Gasteiger charge is 2.61. The van der Waals surface area contributed by atoms with Crippen LogP contribution in [0.2, 0.25) is 0 Å². The summed E-state index contributed by atoms with van der Waals surface area (Å²) in [6.45, 7) is 5.01. The average Bonchev–Trinajstić information content (AvgIpc) is 3.74. The minimum absolute atomic E-state index is 0.0664. The summed E-state index contributed by atoms with van der Waals surface area (Å²) < 4.78 is 35.7. The molecule has 2 fully saturated rings. The number of carbonyl (C=O) groups is 4. The largest absolute Gasteiger partial charge is 0.444 e. The molecule has 0 spiro atoms. The molecule has 7 rings (SSSR count). The van der Waals surface area contributed by atoms with Crippen LogP contribution in [0.25, 0.3) is 22.3 Å². The highest BCUT2D eigenvalue weighted by atomic mass is 32.2. The standard InChI is InChI=1S/C45H50N6O8S/c1-44(2,3)59-43(56)47-36-25-17-6-4-5-14-22-32-27-45(32,42(55)49-60(57,58)34-23-15-9-16-24-34)48-39(52)37-26-33(29-50(37)40(36)53)51-41(54)38(31-20-12-8-13-21-31)35(28-46-51)30-18-10-7-11-19-30/h7-16,18-24,28,32-33,36-37H,4-6,17,25-27,29H2,1-3H3,(H,47,56)(H,48,52)(H,49,55)/b22-14-/t32-,33?,36+,37+,45?/m1/s1. The van der Waals surface area contributed by atoms with E-state index in [-0.39, 0.29) is 30.7 Å². The first-order chi connectivity index (χ1) is 28.7. The molecule has 2 aliphatic heterocycles. The summed E-state index contributed by atoms with van der Waals surface area (Å²) in [4.78, 5) is 72.5. The zero-order chi connectivity index (χ0) is 42.7. The van der Waals surface area contributed by atoms with E-state index in [2.05, 4.69) is 20.5 Å². The Kier molecular flexibility index (Phi) is 12.1. The maximum absolute atomic E-state index is 14.7. The number of carbonyl (C=O) groups excluding carboxylic acids is 4. The van der Waals surface area contributed by atoms with Gasteiger partial charge in [-0.1, -0.05) is 104 Å². The minimum atomic E-state index is -4.30. The van der Waals surface area contributed by atoms with Gasteiger partial charge in [0.2, 0.25) is 11.8 Å². The summed E-state index contributed by atoms with van der Waals surface area (Å²) in [5.74, 6) is -2.70. The molecule has 5 atom stereocenters. The van der Waals surface area contributed by atoms with E-state index in [1.54, 1.807) is 33.0 Å². The molecule has 0 bridgehead atoms. The van der Waals surface area contributed by atoms with Gasteiger partial charge in [-0.25, -0.2) is 22.6 Å². The van der Waals surface area contributed by atoms with Gasteiger partial charge in [0.15, 0.2) is 0 Å². The van der Waals surface area contributed by atoms with Crippen molar-refractivity contribution in [2.75, 3.05) is 6.54 Å². The molecule has 3 heterocycles. The lowest BCUT2D eigenvalue weighted by molar-refractivity contribution is -0.141. The molecule has 14 nitrogen and oxygen atoms in total. The third kappa shape index (κ3) is 9.20. The summed E-state index contributed by atoms with van der Waals surface area (Å²) in [6, 6.07) is 22.9. The molecule has 15 heteroatoms. The third-order valence-electron chi connectivity index (χ3n) is 11.1. The zero-order valence-electron chi connectivity index (χ0n) is 33.9. The smallest absolute Gasteiger partial charge is 0.408 e. The predicted molar refractivity (Wildman–Crippen MR) is 225 cm³/mol. The van der Waals surface area contributed by atoms with Crippen LogP contribution in [0.5, 0.6) is 0 Å². The normalized spacial score (nSPS) is 24.1. The molecule has 1 aromatic heterocycles. The summed E-state index contributed by atoms with van der Waals surface area (Å²) >= 11 is 0. The van der Waals surface area contributed by atoms with E-state index >= 15 is 0 Å². The van der Waals surface area contributed by atoms with Gasteiger partial charge in [-0.3, -0.25) is 19.2 Å². The molecule has 3 aliphatic rings. The van der Waals surface area contributed by atoms with Crippen LogP contribution in [0.15, 0.2) is 119 Å². The first-order valence-electron chi connectivity index (χ1n) is 20.3. The first-order valence-corrected chi connectivity index (χ1v) is 21.8. The number of benzene rings is 3. The number of fused-ring (bicyclic) bond motifs is 2. The number of nitrogens with zero attached hydrogens (tertiary/aromatic N) is 3. The van der Waals surface area contributed by atoms with Crippen molar-refractivity contribution in [3.05, 3.63) is 120 Å². The minimum Gasteiger partial charge on any atom is -0.444 e. The number of hydrogen-bond donors (Lipinski definition) is 3. The number of rotatable bonds is 7. The lowest BCUT2D eigenvalue weighted by Gasteiger charge is -2.30. The van der Waals surface area contributed by atoms with Gasteiger partial charge in [-0.05, 0) is 69.7 Å². The Labute approximate surface area is 349 Å². The van der Waals surface area contributed by atoms with E-state index in [0.717, 1.165) is 12.0 Å². The van der Waals surface area contributed by atoms with Crippen LogP contribution in [-0.4, -0.2) is 76.7 Å². The van der Waals surface area contributed by atoms with E-state index in [1.807, 2.05) is 72.8 Å². The fraction of sp³-hybridized carbons (Fsp3) is 0.378. The lowest BCUT2D eigenvalue weighted by Crippen LogP contribution is -2.58. The van der Waals surface area contributed by atoms with Gasteiger partial charge in [-0.15, -0.1) is 0 Å². The van der Waals surface area contributed by atoms with E-state index in [9.17, 15) is 32.4 Å². The molecule has 3 aromatic carbocycles. The van der Waals surface area contributed by atoms with Crippen molar-refractivity contribution >= 4 is 33.8 Å². The summed E-state index contributed by atoms with van der Waals surface area (Å²) in [5.41, 5.74) is -0.471. The van der Waals surface area contributed by atoms with Crippen LogP contribution < -0.4 is 20.9 Å². The Morgan fingerprint density at radius 2 is 1.53 bits per heavy atom. The first kappa shape index (κ1) is 42.0. The second kappa shape index (κ2) is 17.3. The van der Waals surface area contributed by atoms with E-state index in [4.69, 9.17) is 4.74 Å². The van der Waals surface area contributed by atoms with Crippen LogP contribution in [-0.2, 0) is 29.1 Å². The second-order valence-corrected chi connectivity index (χ2v) is 18.3. The van der Waals surface area contributed by atoms with Crippen molar-refractivity contribution in [2.45, 2.75) is 99.9 Å². The number of ether oxygens (including phenoxy) is 1. The van der Waals surface area contributed by atoms with Gasteiger partial charge >= 0.3 is 6.09 Å². The molecule has 1 saturated carbocycles. The van der Waals surface area contributed by atoms with Gasteiger partial charge in [0.05, 0.1) is 22.7 Å². The maximum atomic E-state index is 14.7. The van der Waals surface area contributed by atoms with Crippen molar-refractivity contribution in [3.63, 3.8) is 0 Å². The summed E-state index contributed by atoms with van der Waals surface area (Å²) in [6.07, 6.45) is 7.55. The Morgan fingerprint density at radius 3 is 2.20 bits per heavy atom. The quantitative estimate of drug-likeness (QED) is 0.202. The Balaban J connectivity index is 1.27. The SMILES string of the molecule is CC(C)(C)OC(=O)N[C@H]1CCCCC/C=C\[C@@H]2CC2(C(=O)NS(=O)(=O)c2ccccc2)NC(=O)[C@@H]2CC(n3ncc(-c4ccccc4)c(-c4ccccc4)c3=O)CN2C1=O. The summed E-state index contributed by atoms with van der Waals surface area (Å²) in [5, 5.41) is 10.2. The highest BCUT2D eigenvalue weighted by Crippen LogP contribution is 2.46. The fourth-order valence-corrected chi connectivity index (χ4v) is 9.10. The van der Waals surface area contributed by atoms with Gasteiger partial charge in [-0.2, -0.15) is 5.10 Å². The van der Waals surface area contributed by atoms with Crippen molar-refractivity contribution in [2.24, 2.45) is 5.92 Å². The second-order valence-electron chi connectivity index (χ2n) is 16.6. The Bertz CT molecular complexity index is 2440. The molecule has 2 unspecified atom stereocenters. The molecular weight excluding hydrogens is 785 g/mol. The maximum Gasteiger partial charge on any atom is 0.408 e. The number of amides is 4. The lowest BCUT2D eigenvalue weighted by atomic mass is 9.97. The van der Waals surface area contributed by atoms with E-state index < -0.39 is 74.6 Å². The number of hydrogen-bond acceptors (Lipinski definition) is 9. The van der Waals surface area contributed by atoms with Crippen LogP contribution in [0.3, 0.4) is 0 Å². The molecule has 4 aromatic rings. The molecule has 314 valence electrons. The number of nitrogens with one attached hydrogen (secondary N) is 3. The highest BCUT2D eigenvalue weighted by molar-refractivity contribution is 7.90. The molecule has 0 radical (unpaired) electrons. The predicted octanol–water partition coefficient (Wildman–Crippen LogP) is 5.51. The molecule has 4 amide bonds. The monoisotopic (exact) mass is 834 g/mol. The van der Waals surface area contributed by atoms with Crippen LogP contribution in [0, 0.1) is 5.92 Å². The van der Waals surface area contributed by atoms with Gasteiger partial charge in [0.25, 0.3) is 21.5 Å². The number of allylic oxidation sites excluding steroid dienone is 1. The fourth-order valence-electron chi connectivity index (χ4n) is 8.04. The van der Waals surface area contributed by atoms with Gasteiger partial charge in [0.1, 0.15) is 23.2 Å². The third-order valence-corrected chi connectivity index (χ3v) is 12.5. The van der Waals surface area contributed by atoms with Crippen LogP contribution in [0.1, 0.15) is 71.8 Å². The topological polar surface area (TPSA) is 186 Å². The summed E-state index contributed by atoms with van der Waals surface area (Å²) in [7, 11) is -4.30. The number of aromatic nitrogens is 2. The Hall–Kier alpha value is -6.09. The van der Waals surface area contributed by atoms with Crippen LogP contribution in [0.4, 0.5) is 4.79 Å². The molecule has 3 N–H and O–H groups in total. The van der Waals surface area contributed by atoms with Gasteiger partial charge < -0.3 is 20.3 Å². The van der Waals surface area contributed by atoms with E-state index in [1.165, 1.54) is 33.8 Å². The molecule has 1 saturated heterocycles. The number of alkyl carbamates (subject to hydrolysis) is 1. The Morgan fingerprint density at radius 1 is 0.883 bits per heavy atom.